The van der Waals surface area contributed by atoms with Crippen LogP contribution in [0, 0.1) is 11.8 Å². The van der Waals surface area contributed by atoms with E-state index in [1.54, 1.807) is 0 Å². The van der Waals surface area contributed by atoms with Crippen LogP contribution in [0.4, 0.5) is 0 Å². The minimum atomic E-state index is 0.901. The van der Waals surface area contributed by atoms with Crippen molar-refractivity contribution in [2.75, 3.05) is 32.7 Å². The van der Waals surface area contributed by atoms with Crippen molar-refractivity contribution in [3.8, 4) is 0 Å². The first kappa shape index (κ1) is 14.6. The highest BCUT2D eigenvalue weighted by Crippen LogP contribution is 2.28. The fourth-order valence-corrected chi connectivity index (χ4v) is 4.43. The molecule has 1 aliphatic heterocycles. The Morgan fingerprint density at radius 2 is 1.85 bits per heavy atom. The second kappa shape index (κ2) is 7.09. The van der Waals surface area contributed by atoms with Crippen molar-refractivity contribution in [3.05, 3.63) is 12.2 Å². The van der Waals surface area contributed by atoms with Crippen molar-refractivity contribution in [2.24, 2.45) is 11.8 Å². The summed E-state index contributed by atoms with van der Waals surface area (Å²) in [6.45, 7) is 9.05. The molecule has 2 aliphatic carbocycles. The Bertz CT molecular complexity index is 317. The van der Waals surface area contributed by atoms with Crippen LogP contribution in [0.15, 0.2) is 12.2 Å². The number of nitrogens with zero attached hydrogens (tertiary/aromatic N) is 2. The summed E-state index contributed by atoms with van der Waals surface area (Å²) in [5.41, 5.74) is 0. The molecule has 0 bridgehead atoms. The largest absolute Gasteiger partial charge is 0.301 e. The van der Waals surface area contributed by atoms with Gasteiger partial charge in [-0.15, -0.1) is 0 Å². The third kappa shape index (κ3) is 3.85. The molecule has 114 valence electrons. The molecule has 3 rings (SSSR count). The number of rotatable bonds is 3. The second-order valence-electron chi connectivity index (χ2n) is 7.41. The van der Waals surface area contributed by atoms with Crippen LogP contribution in [0.2, 0.25) is 0 Å². The van der Waals surface area contributed by atoms with Gasteiger partial charge in [0.05, 0.1) is 0 Å². The van der Waals surface area contributed by atoms with E-state index in [2.05, 4.69) is 28.9 Å². The number of hydrogen-bond acceptors (Lipinski definition) is 2. The van der Waals surface area contributed by atoms with Crippen molar-refractivity contribution >= 4 is 0 Å². The van der Waals surface area contributed by atoms with E-state index in [0.29, 0.717) is 0 Å². The molecule has 0 radical (unpaired) electrons. The minimum absolute atomic E-state index is 0.901. The van der Waals surface area contributed by atoms with E-state index in [-0.39, 0.29) is 0 Å². The van der Waals surface area contributed by atoms with Crippen LogP contribution in [-0.4, -0.2) is 48.6 Å². The van der Waals surface area contributed by atoms with E-state index >= 15 is 0 Å². The number of allylic oxidation sites excluding steroid dienone is 2. The predicted octanol–water partition coefficient (Wildman–Crippen LogP) is 3.54. The Kier molecular flexibility index (Phi) is 5.17. The smallest absolute Gasteiger partial charge is 0.0113 e. The van der Waals surface area contributed by atoms with Gasteiger partial charge in [0.15, 0.2) is 0 Å². The molecule has 3 unspecified atom stereocenters. The van der Waals surface area contributed by atoms with Gasteiger partial charge in [-0.2, -0.15) is 0 Å². The Hall–Kier alpha value is -0.340. The first-order valence-corrected chi connectivity index (χ1v) is 8.92. The van der Waals surface area contributed by atoms with Crippen molar-refractivity contribution < 1.29 is 0 Å². The van der Waals surface area contributed by atoms with Gasteiger partial charge in [-0.25, -0.2) is 0 Å². The molecule has 3 atom stereocenters. The van der Waals surface area contributed by atoms with Gasteiger partial charge in [0.1, 0.15) is 0 Å². The molecule has 1 heterocycles. The van der Waals surface area contributed by atoms with E-state index in [0.717, 1.165) is 17.9 Å². The van der Waals surface area contributed by atoms with Crippen LogP contribution in [-0.2, 0) is 0 Å². The van der Waals surface area contributed by atoms with Crippen molar-refractivity contribution in [3.63, 3.8) is 0 Å². The van der Waals surface area contributed by atoms with E-state index < -0.39 is 0 Å². The monoisotopic (exact) mass is 276 g/mol. The van der Waals surface area contributed by atoms with E-state index in [4.69, 9.17) is 0 Å². The van der Waals surface area contributed by atoms with Gasteiger partial charge < -0.3 is 4.90 Å². The summed E-state index contributed by atoms with van der Waals surface area (Å²) in [5, 5.41) is 0. The predicted molar refractivity (Wildman–Crippen MR) is 85.9 cm³/mol. The van der Waals surface area contributed by atoms with Crippen molar-refractivity contribution in [2.45, 2.75) is 57.9 Å². The normalized spacial score (nSPS) is 37.1. The molecule has 0 amide bonds. The molecule has 0 spiro atoms. The summed E-state index contributed by atoms with van der Waals surface area (Å²) in [5.74, 6) is 1.89. The topological polar surface area (TPSA) is 6.48 Å². The summed E-state index contributed by atoms with van der Waals surface area (Å²) in [4.78, 5) is 5.53. The molecule has 0 aromatic rings. The van der Waals surface area contributed by atoms with Crippen molar-refractivity contribution in [1.82, 2.24) is 9.80 Å². The molecule has 0 aromatic carbocycles. The number of hydrogen-bond donors (Lipinski definition) is 0. The van der Waals surface area contributed by atoms with Crippen LogP contribution < -0.4 is 0 Å². The zero-order valence-corrected chi connectivity index (χ0v) is 13.3. The Morgan fingerprint density at radius 3 is 2.55 bits per heavy atom. The van der Waals surface area contributed by atoms with Crippen LogP contribution in [0.1, 0.15) is 51.9 Å². The molecule has 2 nitrogen and oxygen atoms in total. The van der Waals surface area contributed by atoms with E-state index in [9.17, 15) is 0 Å². The quantitative estimate of drug-likeness (QED) is 0.728. The third-order valence-corrected chi connectivity index (χ3v) is 5.73. The highest BCUT2D eigenvalue weighted by molar-refractivity contribution is 4.91. The Balaban J connectivity index is 1.41. The highest BCUT2D eigenvalue weighted by Gasteiger charge is 2.28. The zero-order valence-electron chi connectivity index (χ0n) is 13.3. The average molecular weight is 276 g/mol. The molecular formula is C18H32N2. The van der Waals surface area contributed by atoms with Gasteiger partial charge >= 0.3 is 0 Å². The second-order valence-corrected chi connectivity index (χ2v) is 7.41. The van der Waals surface area contributed by atoms with E-state index in [1.807, 2.05) is 0 Å². The summed E-state index contributed by atoms with van der Waals surface area (Å²) < 4.78 is 0. The molecule has 2 fully saturated rings. The molecule has 1 saturated heterocycles. The molecule has 0 aromatic heterocycles. The lowest BCUT2D eigenvalue weighted by atomic mass is 9.86. The molecule has 2 heteroatoms. The van der Waals surface area contributed by atoms with Gasteiger partial charge in [0, 0.05) is 38.8 Å². The maximum Gasteiger partial charge on any atom is 0.0113 e. The maximum absolute atomic E-state index is 2.80. The fraction of sp³-hybridized carbons (Fsp3) is 0.889. The summed E-state index contributed by atoms with van der Waals surface area (Å²) in [7, 11) is 0. The lowest BCUT2D eigenvalue weighted by Gasteiger charge is -2.42. The highest BCUT2D eigenvalue weighted by atomic mass is 15.3. The third-order valence-electron chi connectivity index (χ3n) is 5.73. The molecule has 0 N–H and O–H groups in total. The lowest BCUT2D eigenvalue weighted by Crippen LogP contribution is -2.52. The van der Waals surface area contributed by atoms with Crippen LogP contribution >= 0.6 is 0 Å². The molecule has 20 heavy (non-hydrogen) atoms. The maximum atomic E-state index is 2.80. The van der Waals surface area contributed by atoms with Crippen LogP contribution in [0.5, 0.6) is 0 Å². The summed E-state index contributed by atoms with van der Waals surface area (Å²) >= 11 is 0. The summed E-state index contributed by atoms with van der Waals surface area (Å²) in [6, 6.07) is 0.901. The Morgan fingerprint density at radius 1 is 1.00 bits per heavy atom. The molecule has 3 aliphatic rings. The summed E-state index contributed by atoms with van der Waals surface area (Å²) in [6.07, 6.45) is 14.6. The van der Waals surface area contributed by atoms with Crippen molar-refractivity contribution in [1.29, 1.82) is 0 Å². The van der Waals surface area contributed by atoms with Gasteiger partial charge in [0.2, 0.25) is 0 Å². The minimum Gasteiger partial charge on any atom is -0.301 e. The van der Waals surface area contributed by atoms with Gasteiger partial charge in [0.25, 0.3) is 0 Å². The average Bonchev–Trinajstić information content (AvgIpc) is 2.49. The molecular weight excluding hydrogens is 244 g/mol. The van der Waals surface area contributed by atoms with Gasteiger partial charge in [-0.3, -0.25) is 4.90 Å². The van der Waals surface area contributed by atoms with Gasteiger partial charge in [-0.05, 0) is 43.9 Å². The van der Waals surface area contributed by atoms with Crippen LogP contribution in [0.3, 0.4) is 0 Å². The van der Waals surface area contributed by atoms with Gasteiger partial charge in [-0.1, -0.05) is 31.9 Å². The van der Waals surface area contributed by atoms with Crippen LogP contribution in [0.25, 0.3) is 0 Å². The number of piperazine rings is 1. The van der Waals surface area contributed by atoms with E-state index in [1.165, 1.54) is 77.7 Å². The lowest BCUT2D eigenvalue weighted by molar-refractivity contribution is 0.0613. The fourth-order valence-electron chi connectivity index (χ4n) is 4.43. The standard InChI is InChI=1S/C18H32N2/c1-16-6-5-9-18(14-16)20-12-10-19(11-13-20)15-17-7-3-2-4-8-17/h2-3,16-18H,4-15H2,1H3. The first-order valence-electron chi connectivity index (χ1n) is 8.92. The first-order chi connectivity index (χ1) is 9.81. The zero-order chi connectivity index (χ0) is 13.8. The Labute approximate surface area is 125 Å². The molecule has 1 saturated carbocycles. The SMILES string of the molecule is CC1CCCC(N2CCN(CC3CC=CCC3)CC2)C1.